The third-order valence-corrected chi connectivity index (χ3v) is 3.80. The Labute approximate surface area is 146 Å². The Morgan fingerprint density at radius 1 is 1.20 bits per heavy atom. The highest BCUT2D eigenvalue weighted by Crippen LogP contribution is 2.27. The topological polar surface area (TPSA) is 93.5 Å². The lowest BCUT2D eigenvalue weighted by Crippen LogP contribution is -2.15. The fraction of sp³-hybridized carbons (Fsp3) is 0.278. The molecule has 0 unspecified atom stereocenters. The van der Waals surface area contributed by atoms with Crippen LogP contribution in [0.15, 0.2) is 36.4 Å². The zero-order valence-electron chi connectivity index (χ0n) is 14.5. The van der Waals surface area contributed by atoms with Crippen molar-refractivity contribution in [3.05, 3.63) is 63.2 Å². The van der Waals surface area contributed by atoms with Crippen molar-refractivity contribution in [1.82, 2.24) is 0 Å². The molecule has 7 heteroatoms. The first-order valence-corrected chi connectivity index (χ1v) is 7.83. The lowest BCUT2D eigenvalue weighted by molar-refractivity contribution is -0.384. The predicted octanol–water partition coefficient (Wildman–Crippen LogP) is 3.52. The second-order valence-corrected chi connectivity index (χ2v) is 5.63. The summed E-state index contributed by atoms with van der Waals surface area (Å²) in [4.78, 5) is 23.3. The van der Waals surface area contributed by atoms with Crippen LogP contribution >= 0.6 is 0 Å². The minimum absolute atomic E-state index is 0.148. The van der Waals surface area contributed by atoms with Crippen molar-refractivity contribution in [3.8, 4) is 0 Å². The molecule has 0 spiro atoms. The van der Waals surface area contributed by atoms with Crippen LogP contribution in [-0.2, 0) is 4.74 Å². The van der Waals surface area contributed by atoms with E-state index >= 15 is 0 Å². The Hall–Kier alpha value is -2.93. The molecule has 1 amide bonds. The first-order chi connectivity index (χ1) is 11.9. The number of nitrogens with zero attached hydrogens (tertiary/aromatic N) is 1. The molecule has 0 aliphatic carbocycles. The number of amides is 1. The maximum Gasteiger partial charge on any atom is 0.293 e. The van der Waals surface area contributed by atoms with Crippen molar-refractivity contribution in [1.29, 1.82) is 0 Å². The standard InChI is InChI=1S/C18H21N3O4/c1-12-5-4-6-13(2)17(12)20-18(22)14-7-8-15(19-9-10-25-3)16(11-14)21(23)24/h4-8,11,19H,9-10H2,1-3H3,(H,20,22). The molecule has 0 bridgehead atoms. The number of nitrogens with one attached hydrogen (secondary N) is 2. The minimum Gasteiger partial charge on any atom is -0.383 e. The monoisotopic (exact) mass is 343 g/mol. The number of ether oxygens (including phenoxy) is 1. The number of hydrogen-bond donors (Lipinski definition) is 2. The van der Waals surface area contributed by atoms with Crippen molar-refractivity contribution in [2.75, 3.05) is 30.9 Å². The number of rotatable bonds is 7. The molecule has 2 aromatic rings. The van der Waals surface area contributed by atoms with E-state index < -0.39 is 4.92 Å². The van der Waals surface area contributed by atoms with Crippen LogP contribution in [0.3, 0.4) is 0 Å². The predicted molar refractivity (Wildman–Crippen MR) is 97.3 cm³/mol. The quantitative estimate of drug-likeness (QED) is 0.456. The van der Waals surface area contributed by atoms with E-state index in [1.807, 2.05) is 32.0 Å². The van der Waals surface area contributed by atoms with E-state index in [0.717, 1.165) is 16.8 Å². The van der Waals surface area contributed by atoms with Crippen LogP contribution < -0.4 is 10.6 Å². The van der Waals surface area contributed by atoms with Crippen molar-refractivity contribution >= 4 is 23.0 Å². The molecule has 0 fully saturated rings. The maximum atomic E-state index is 12.5. The van der Waals surface area contributed by atoms with Crippen molar-refractivity contribution < 1.29 is 14.5 Å². The molecule has 0 atom stereocenters. The van der Waals surface area contributed by atoms with Crippen LogP contribution in [-0.4, -0.2) is 31.1 Å². The maximum absolute atomic E-state index is 12.5. The normalized spacial score (nSPS) is 10.4. The van der Waals surface area contributed by atoms with E-state index in [1.54, 1.807) is 13.2 Å². The molecule has 2 N–H and O–H groups in total. The van der Waals surface area contributed by atoms with Gasteiger partial charge in [-0.2, -0.15) is 0 Å². The summed E-state index contributed by atoms with van der Waals surface area (Å²) in [5.41, 5.74) is 3.02. The molecule has 2 aromatic carbocycles. The van der Waals surface area contributed by atoms with Gasteiger partial charge in [0.25, 0.3) is 11.6 Å². The van der Waals surface area contributed by atoms with Gasteiger partial charge in [0.2, 0.25) is 0 Å². The van der Waals surface area contributed by atoms with Crippen LogP contribution in [0.25, 0.3) is 0 Å². The zero-order valence-corrected chi connectivity index (χ0v) is 14.5. The summed E-state index contributed by atoms with van der Waals surface area (Å²) in [6.45, 7) is 4.65. The summed E-state index contributed by atoms with van der Waals surface area (Å²) >= 11 is 0. The molecule has 0 saturated heterocycles. The van der Waals surface area contributed by atoms with Gasteiger partial charge in [-0.15, -0.1) is 0 Å². The lowest BCUT2D eigenvalue weighted by atomic mass is 10.1. The summed E-state index contributed by atoms with van der Waals surface area (Å²) in [6, 6.07) is 10.1. The third-order valence-electron chi connectivity index (χ3n) is 3.80. The second kappa shape index (κ2) is 8.25. The number of benzene rings is 2. The van der Waals surface area contributed by atoms with E-state index in [-0.39, 0.29) is 17.2 Å². The number of hydrogen-bond acceptors (Lipinski definition) is 5. The van der Waals surface area contributed by atoms with Crippen molar-refractivity contribution in [2.24, 2.45) is 0 Å². The van der Waals surface area contributed by atoms with E-state index in [9.17, 15) is 14.9 Å². The van der Waals surface area contributed by atoms with Gasteiger partial charge in [-0.05, 0) is 37.1 Å². The highest BCUT2D eigenvalue weighted by Gasteiger charge is 2.18. The van der Waals surface area contributed by atoms with Crippen LogP contribution in [0.4, 0.5) is 17.1 Å². The van der Waals surface area contributed by atoms with Crippen LogP contribution in [0, 0.1) is 24.0 Å². The summed E-state index contributed by atoms with van der Waals surface area (Å²) in [5, 5.41) is 17.1. The van der Waals surface area contributed by atoms with Gasteiger partial charge < -0.3 is 15.4 Å². The Bertz CT molecular complexity index is 770. The van der Waals surface area contributed by atoms with Crippen molar-refractivity contribution in [2.45, 2.75) is 13.8 Å². The number of carbonyl (C=O) groups is 1. The molecule has 0 saturated carbocycles. The summed E-state index contributed by atoms with van der Waals surface area (Å²) in [5.74, 6) is -0.385. The second-order valence-electron chi connectivity index (χ2n) is 5.63. The molecule has 0 aliphatic heterocycles. The first kappa shape index (κ1) is 18.4. The molecule has 7 nitrogen and oxygen atoms in total. The van der Waals surface area contributed by atoms with Gasteiger partial charge in [0.05, 0.1) is 11.5 Å². The van der Waals surface area contributed by atoms with Crippen LogP contribution in [0.1, 0.15) is 21.5 Å². The number of nitro benzene ring substituents is 1. The SMILES string of the molecule is COCCNc1ccc(C(=O)Nc2c(C)cccc2C)cc1[N+](=O)[O-]. The van der Waals surface area contributed by atoms with Crippen LogP contribution in [0.2, 0.25) is 0 Å². The average Bonchev–Trinajstić information content (AvgIpc) is 2.58. The number of nitro groups is 1. The Balaban J connectivity index is 2.25. The number of anilines is 2. The molecular formula is C18H21N3O4. The Morgan fingerprint density at radius 2 is 1.88 bits per heavy atom. The van der Waals surface area contributed by atoms with Crippen molar-refractivity contribution in [3.63, 3.8) is 0 Å². The van der Waals surface area contributed by atoms with E-state index in [2.05, 4.69) is 10.6 Å². The molecule has 2 rings (SSSR count). The summed E-state index contributed by atoms with van der Waals surface area (Å²) in [6.07, 6.45) is 0. The Kier molecular flexibility index (Phi) is 6.08. The number of methoxy groups -OCH3 is 1. The number of aryl methyl sites for hydroxylation is 2. The molecule has 132 valence electrons. The van der Waals surface area contributed by atoms with Gasteiger partial charge in [-0.3, -0.25) is 14.9 Å². The van der Waals surface area contributed by atoms with Gasteiger partial charge in [-0.25, -0.2) is 0 Å². The molecule has 0 radical (unpaired) electrons. The lowest BCUT2D eigenvalue weighted by Gasteiger charge is -2.12. The van der Waals surface area contributed by atoms with Gasteiger partial charge in [-0.1, -0.05) is 18.2 Å². The van der Waals surface area contributed by atoms with Gasteiger partial charge >= 0.3 is 0 Å². The van der Waals surface area contributed by atoms with E-state index in [0.29, 0.717) is 18.8 Å². The largest absolute Gasteiger partial charge is 0.383 e. The van der Waals surface area contributed by atoms with E-state index in [1.165, 1.54) is 12.1 Å². The summed E-state index contributed by atoms with van der Waals surface area (Å²) < 4.78 is 4.92. The number of para-hydroxylation sites is 1. The fourth-order valence-electron chi connectivity index (χ4n) is 2.46. The Morgan fingerprint density at radius 3 is 2.48 bits per heavy atom. The van der Waals surface area contributed by atoms with E-state index in [4.69, 9.17) is 4.74 Å². The minimum atomic E-state index is -0.509. The molecular weight excluding hydrogens is 322 g/mol. The highest BCUT2D eigenvalue weighted by molar-refractivity contribution is 6.05. The molecule has 25 heavy (non-hydrogen) atoms. The number of carbonyl (C=O) groups excluding carboxylic acids is 1. The first-order valence-electron chi connectivity index (χ1n) is 7.83. The fourth-order valence-corrected chi connectivity index (χ4v) is 2.46. The molecule has 0 aliphatic rings. The molecule has 0 aromatic heterocycles. The van der Waals surface area contributed by atoms with Gasteiger partial charge in [0, 0.05) is 31.0 Å². The average molecular weight is 343 g/mol. The zero-order chi connectivity index (χ0) is 18.4. The smallest absolute Gasteiger partial charge is 0.293 e. The van der Waals surface area contributed by atoms with Crippen LogP contribution in [0.5, 0.6) is 0 Å². The highest BCUT2D eigenvalue weighted by atomic mass is 16.6. The third kappa shape index (κ3) is 4.54. The molecule has 0 heterocycles. The van der Waals surface area contributed by atoms with Gasteiger partial charge in [0.1, 0.15) is 5.69 Å². The van der Waals surface area contributed by atoms with Gasteiger partial charge in [0.15, 0.2) is 0 Å². The summed E-state index contributed by atoms with van der Waals surface area (Å²) in [7, 11) is 1.55.